The Morgan fingerprint density at radius 2 is 1.52 bits per heavy atom. The molecule has 5 heteroatoms. The molecule has 0 atom stereocenters. The summed E-state index contributed by atoms with van der Waals surface area (Å²) in [4.78, 5) is 35.4. The van der Waals surface area contributed by atoms with Crippen molar-refractivity contribution in [1.82, 2.24) is 5.32 Å². The third kappa shape index (κ3) is 9.90. The lowest BCUT2D eigenvalue weighted by atomic mass is 10.0. The summed E-state index contributed by atoms with van der Waals surface area (Å²) in [5, 5.41) is 2.20. The van der Waals surface area contributed by atoms with Gasteiger partial charge in [0.05, 0.1) is 5.56 Å². The molecule has 5 nitrogen and oxygen atoms in total. The molecule has 1 N–H and O–H groups in total. The standard InChI is InChI=1S/C21H21NO4.C3H8.C2H6/c1-13-9-10-18(12-14(13)2)26-21(25)19-8-6-5-7-17(19)11-15(3)20(24)22-16(4)23;1-3-2;1-2/h5-12H,1-4H3,(H,22,23,24);3H2,1-2H3;1-2H3/b15-11+;;. The fraction of sp³-hybridized carbons (Fsp3) is 0.346. The number of hydrogen-bond acceptors (Lipinski definition) is 4. The maximum atomic E-state index is 12.6. The van der Waals surface area contributed by atoms with E-state index >= 15 is 0 Å². The first-order chi connectivity index (χ1) is 14.7. The second-order valence-electron chi connectivity index (χ2n) is 6.77. The van der Waals surface area contributed by atoms with Gasteiger partial charge in [0.2, 0.25) is 5.91 Å². The van der Waals surface area contributed by atoms with Crippen LogP contribution in [0.15, 0.2) is 48.0 Å². The minimum atomic E-state index is -0.514. The van der Waals surface area contributed by atoms with Gasteiger partial charge in [0.25, 0.3) is 5.91 Å². The molecule has 0 saturated carbocycles. The zero-order valence-electron chi connectivity index (χ0n) is 20.0. The number of nitrogens with one attached hydrogen (secondary N) is 1. The van der Waals surface area contributed by atoms with Crippen molar-refractivity contribution in [3.63, 3.8) is 0 Å². The highest BCUT2D eigenvalue weighted by atomic mass is 16.5. The maximum absolute atomic E-state index is 12.6. The molecule has 0 aliphatic heterocycles. The fourth-order valence-corrected chi connectivity index (χ4v) is 2.31. The normalized spacial score (nSPS) is 10.0. The van der Waals surface area contributed by atoms with E-state index in [1.165, 1.54) is 13.3 Å². The summed E-state index contributed by atoms with van der Waals surface area (Å²) < 4.78 is 5.46. The van der Waals surface area contributed by atoms with Gasteiger partial charge in [-0.3, -0.25) is 14.9 Å². The summed E-state index contributed by atoms with van der Waals surface area (Å²) >= 11 is 0. The summed E-state index contributed by atoms with van der Waals surface area (Å²) in [5.41, 5.74) is 3.32. The molecule has 2 rings (SSSR count). The summed E-state index contributed by atoms with van der Waals surface area (Å²) in [7, 11) is 0. The minimum Gasteiger partial charge on any atom is -0.423 e. The van der Waals surface area contributed by atoms with Crippen LogP contribution >= 0.6 is 0 Å². The number of hydrogen-bond donors (Lipinski definition) is 1. The molecule has 0 saturated heterocycles. The molecule has 0 aliphatic rings. The van der Waals surface area contributed by atoms with E-state index in [-0.39, 0.29) is 0 Å². The van der Waals surface area contributed by atoms with E-state index in [2.05, 4.69) is 19.2 Å². The quantitative estimate of drug-likeness (QED) is 0.369. The van der Waals surface area contributed by atoms with Crippen molar-refractivity contribution in [2.24, 2.45) is 0 Å². The fourth-order valence-electron chi connectivity index (χ4n) is 2.31. The highest BCUT2D eigenvalue weighted by molar-refractivity contribution is 6.06. The van der Waals surface area contributed by atoms with Crippen LogP contribution in [-0.2, 0) is 9.59 Å². The molecule has 0 bridgehead atoms. The van der Waals surface area contributed by atoms with E-state index < -0.39 is 17.8 Å². The molecule has 0 aromatic heterocycles. The zero-order chi connectivity index (χ0) is 24.0. The van der Waals surface area contributed by atoms with Gasteiger partial charge in [-0.1, -0.05) is 58.4 Å². The number of imide groups is 1. The van der Waals surface area contributed by atoms with Crippen molar-refractivity contribution < 1.29 is 19.1 Å². The Bertz CT molecular complexity index is 913. The Morgan fingerprint density at radius 3 is 2.06 bits per heavy atom. The van der Waals surface area contributed by atoms with Crippen molar-refractivity contribution in [1.29, 1.82) is 0 Å². The Labute approximate surface area is 186 Å². The molecule has 0 heterocycles. The number of carbonyl (C=O) groups excluding carboxylic acids is 3. The molecule has 0 unspecified atom stereocenters. The van der Waals surface area contributed by atoms with Crippen molar-refractivity contribution in [2.75, 3.05) is 0 Å². The second kappa shape index (κ2) is 14.7. The number of ether oxygens (including phenoxy) is 1. The molecule has 2 amide bonds. The first kappa shape index (κ1) is 27.8. The van der Waals surface area contributed by atoms with Crippen LogP contribution in [0.1, 0.15) is 75.0 Å². The Hall–Kier alpha value is -3.21. The SMILES string of the molecule is CC.CC(=O)NC(=O)/C(C)=C/c1ccccc1C(=O)Oc1ccc(C)c(C)c1.CCC. The molecule has 168 valence electrons. The topological polar surface area (TPSA) is 72.5 Å². The van der Waals surface area contributed by atoms with Gasteiger partial charge in [-0.05, 0) is 61.7 Å². The molecule has 31 heavy (non-hydrogen) atoms. The van der Waals surface area contributed by atoms with Crippen LogP contribution in [0.5, 0.6) is 5.75 Å². The lowest BCUT2D eigenvalue weighted by Gasteiger charge is -2.09. The predicted octanol–water partition coefficient (Wildman–Crippen LogP) is 6.03. The smallest absolute Gasteiger partial charge is 0.344 e. The number of carbonyl (C=O) groups is 3. The first-order valence-electron chi connectivity index (χ1n) is 10.6. The second-order valence-corrected chi connectivity index (χ2v) is 6.77. The van der Waals surface area contributed by atoms with Gasteiger partial charge in [-0.15, -0.1) is 0 Å². The van der Waals surface area contributed by atoms with Crippen LogP contribution < -0.4 is 10.1 Å². The zero-order valence-corrected chi connectivity index (χ0v) is 20.0. The highest BCUT2D eigenvalue weighted by Gasteiger charge is 2.14. The average Bonchev–Trinajstić information content (AvgIpc) is 2.72. The summed E-state index contributed by atoms with van der Waals surface area (Å²) in [6, 6.07) is 12.3. The predicted molar refractivity (Wildman–Crippen MR) is 127 cm³/mol. The summed E-state index contributed by atoms with van der Waals surface area (Å²) in [6.07, 6.45) is 2.80. The van der Waals surface area contributed by atoms with Crippen LogP contribution in [0.25, 0.3) is 6.08 Å². The van der Waals surface area contributed by atoms with Crippen LogP contribution in [0.3, 0.4) is 0 Å². The van der Waals surface area contributed by atoms with E-state index in [0.717, 1.165) is 11.1 Å². The lowest BCUT2D eigenvalue weighted by Crippen LogP contribution is -2.28. The van der Waals surface area contributed by atoms with E-state index in [4.69, 9.17) is 4.74 Å². The molecular weight excluding hydrogens is 390 g/mol. The first-order valence-corrected chi connectivity index (χ1v) is 10.6. The molecular formula is C26H35NO4. The molecule has 0 fully saturated rings. The van der Waals surface area contributed by atoms with Crippen LogP contribution in [0.4, 0.5) is 0 Å². The molecule has 0 radical (unpaired) electrons. The van der Waals surface area contributed by atoms with E-state index in [0.29, 0.717) is 22.4 Å². The van der Waals surface area contributed by atoms with Crippen LogP contribution in [0, 0.1) is 13.8 Å². The maximum Gasteiger partial charge on any atom is 0.344 e. The van der Waals surface area contributed by atoms with Crippen LogP contribution in [0.2, 0.25) is 0 Å². The molecule has 2 aromatic rings. The van der Waals surface area contributed by atoms with E-state index in [1.807, 2.05) is 33.8 Å². The third-order valence-electron chi connectivity index (χ3n) is 3.89. The lowest BCUT2D eigenvalue weighted by molar-refractivity contribution is -0.127. The van der Waals surface area contributed by atoms with E-state index in [1.54, 1.807) is 49.4 Å². The monoisotopic (exact) mass is 425 g/mol. The third-order valence-corrected chi connectivity index (χ3v) is 3.89. The van der Waals surface area contributed by atoms with Crippen molar-refractivity contribution in [3.05, 3.63) is 70.3 Å². The number of rotatable bonds is 4. The molecule has 0 spiro atoms. The summed E-state index contributed by atoms with van der Waals surface area (Å²) in [5.74, 6) is -0.997. The Morgan fingerprint density at radius 1 is 0.935 bits per heavy atom. The van der Waals surface area contributed by atoms with Crippen molar-refractivity contribution in [3.8, 4) is 5.75 Å². The largest absolute Gasteiger partial charge is 0.423 e. The Balaban J connectivity index is 0.00000165. The minimum absolute atomic E-state index is 0.312. The number of amides is 2. The Kier molecular flexibility index (Phi) is 13.2. The van der Waals surface area contributed by atoms with E-state index in [9.17, 15) is 14.4 Å². The van der Waals surface area contributed by atoms with Gasteiger partial charge in [0.1, 0.15) is 5.75 Å². The van der Waals surface area contributed by atoms with Crippen LogP contribution in [-0.4, -0.2) is 17.8 Å². The summed E-state index contributed by atoms with van der Waals surface area (Å²) in [6.45, 7) is 15.0. The average molecular weight is 426 g/mol. The molecule has 2 aromatic carbocycles. The van der Waals surface area contributed by atoms with Gasteiger partial charge in [0.15, 0.2) is 0 Å². The highest BCUT2D eigenvalue weighted by Crippen LogP contribution is 2.20. The van der Waals surface area contributed by atoms with Gasteiger partial charge in [0, 0.05) is 12.5 Å². The van der Waals surface area contributed by atoms with Gasteiger partial charge >= 0.3 is 5.97 Å². The van der Waals surface area contributed by atoms with Gasteiger partial charge < -0.3 is 4.74 Å². The van der Waals surface area contributed by atoms with Crippen molar-refractivity contribution in [2.45, 2.75) is 61.8 Å². The van der Waals surface area contributed by atoms with Crippen molar-refractivity contribution >= 4 is 23.9 Å². The number of aryl methyl sites for hydroxylation is 2. The van der Waals surface area contributed by atoms with Gasteiger partial charge in [-0.2, -0.15) is 0 Å². The number of esters is 1. The number of benzene rings is 2. The van der Waals surface area contributed by atoms with Gasteiger partial charge in [-0.25, -0.2) is 4.79 Å². The molecule has 0 aliphatic carbocycles.